The zero-order chi connectivity index (χ0) is 22.3. The van der Waals surface area contributed by atoms with Crippen LogP contribution < -0.4 is 0 Å². The number of hydrogen-bond acceptors (Lipinski definition) is 5. The fourth-order valence-electron chi connectivity index (χ4n) is 5.30. The van der Waals surface area contributed by atoms with E-state index in [-0.39, 0.29) is 12.5 Å². The van der Waals surface area contributed by atoms with Gasteiger partial charge >= 0.3 is 12.2 Å². The Balaban J connectivity index is 1.41. The van der Waals surface area contributed by atoms with Crippen LogP contribution in [0.3, 0.4) is 0 Å². The molecule has 3 fully saturated rings. The number of amides is 3. The molecule has 0 radical (unpaired) electrons. The molecule has 3 aliphatic rings. The minimum absolute atomic E-state index is 0.128. The van der Waals surface area contributed by atoms with Crippen LogP contribution in [0.5, 0.6) is 0 Å². The van der Waals surface area contributed by atoms with E-state index in [2.05, 4.69) is 4.90 Å². The number of imide groups is 1. The van der Waals surface area contributed by atoms with Crippen molar-refractivity contribution in [2.45, 2.75) is 12.6 Å². The highest BCUT2D eigenvalue weighted by molar-refractivity contribution is 5.96. The molecular formula is C24H25N3O5. The molecule has 166 valence electrons. The van der Waals surface area contributed by atoms with Gasteiger partial charge in [-0.05, 0) is 11.1 Å². The molecule has 8 heteroatoms. The van der Waals surface area contributed by atoms with Crippen LogP contribution in [-0.4, -0.2) is 70.7 Å². The van der Waals surface area contributed by atoms with E-state index in [4.69, 9.17) is 4.74 Å². The number of cyclic esters (lactones) is 1. The molecule has 1 N–H and O–H groups in total. The van der Waals surface area contributed by atoms with Gasteiger partial charge in [0.05, 0.1) is 5.92 Å². The third kappa shape index (κ3) is 3.50. The molecule has 2 atom stereocenters. The monoisotopic (exact) mass is 435 g/mol. The summed E-state index contributed by atoms with van der Waals surface area (Å²) < 4.78 is 5.26. The van der Waals surface area contributed by atoms with Gasteiger partial charge in [-0.3, -0.25) is 9.69 Å². The Kier molecular flexibility index (Phi) is 5.09. The Labute approximate surface area is 186 Å². The van der Waals surface area contributed by atoms with Crippen LogP contribution in [0.1, 0.15) is 17.2 Å². The second-order valence-corrected chi connectivity index (χ2v) is 8.92. The van der Waals surface area contributed by atoms with E-state index >= 15 is 0 Å². The number of hydrogen-bond donors (Lipinski definition) is 1. The molecule has 5 rings (SSSR count). The number of ether oxygens (including phenoxy) is 1. The summed E-state index contributed by atoms with van der Waals surface area (Å²) in [4.78, 5) is 42.6. The van der Waals surface area contributed by atoms with Gasteiger partial charge in [0.25, 0.3) is 0 Å². The van der Waals surface area contributed by atoms with E-state index in [1.807, 2.05) is 60.7 Å². The molecule has 3 amide bonds. The number of rotatable bonds is 4. The topological polar surface area (TPSA) is 90.4 Å². The average molecular weight is 435 g/mol. The second-order valence-electron chi connectivity index (χ2n) is 8.92. The van der Waals surface area contributed by atoms with Crippen LogP contribution in [-0.2, 0) is 16.1 Å². The first-order valence-electron chi connectivity index (χ1n) is 10.8. The van der Waals surface area contributed by atoms with E-state index < -0.39 is 29.6 Å². The number of carboxylic acid groups (broad SMARTS) is 1. The predicted octanol–water partition coefficient (Wildman–Crippen LogP) is 2.82. The molecule has 0 saturated carbocycles. The molecule has 3 saturated heterocycles. The van der Waals surface area contributed by atoms with Crippen molar-refractivity contribution in [3.63, 3.8) is 0 Å². The molecule has 32 heavy (non-hydrogen) atoms. The van der Waals surface area contributed by atoms with Crippen molar-refractivity contribution in [1.29, 1.82) is 0 Å². The molecule has 1 unspecified atom stereocenters. The van der Waals surface area contributed by atoms with Crippen LogP contribution in [0.15, 0.2) is 60.7 Å². The fourth-order valence-corrected chi connectivity index (χ4v) is 5.30. The first kappa shape index (κ1) is 20.5. The van der Waals surface area contributed by atoms with Gasteiger partial charge in [0.1, 0.15) is 12.6 Å². The van der Waals surface area contributed by atoms with Crippen molar-refractivity contribution in [2.24, 2.45) is 11.3 Å². The normalized spacial score (nSPS) is 24.4. The van der Waals surface area contributed by atoms with Crippen LogP contribution in [0, 0.1) is 11.3 Å². The average Bonchev–Trinajstić information content (AvgIpc) is 3.34. The van der Waals surface area contributed by atoms with Gasteiger partial charge < -0.3 is 14.7 Å². The first-order valence-corrected chi connectivity index (χ1v) is 10.8. The van der Waals surface area contributed by atoms with Crippen LogP contribution >= 0.6 is 0 Å². The Morgan fingerprint density at radius 3 is 2.31 bits per heavy atom. The van der Waals surface area contributed by atoms with Crippen LogP contribution in [0.4, 0.5) is 9.59 Å². The van der Waals surface area contributed by atoms with E-state index in [0.29, 0.717) is 32.7 Å². The van der Waals surface area contributed by atoms with E-state index in [1.165, 1.54) is 9.80 Å². The molecule has 3 heterocycles. The number of likely N-dealkylation sites (tertiary alicyclic amines) is 2. The molecular weight excluding hydrogens is 410 g/mol. The Hall–Kier alpha value is -3.39. The van der Waals surface area contributed by atoms with Gasteiger partial charge in [-0.25, -0.2) is 14.5 Å². The van der Waals surface area contributed by atoms with Crippen molar-refractivity contribution < 1.29 is 24.2 Å². The first-order chi connectivity index (χ1) is 15.5. The third-order valence-electron chi connectivity index (χ3n) is 6.84. The Bertz CT molecular complexity index is 1020. The van der Waals surface area contributed by atoms with Crippen molar-refractivity contribution >= 4 is 18.1 Å². The maximum atomic E-state index is 13.8. The quantitative estimate of drug-likeness (QED) is 0.794. The van der Waals surface area contributed by atoms with Crippen molar-refractivity contribution in [3.05, 3.63) is 71.8 Å². The van der Waals surface area contributed by atoms with Crippen molar-refractivity contribution in [1.82, 2.24) is 14.7 Å². The van der Waals surface area contributed by atoms with E-state index in [0.717, 1.165) is 11.1 Å². The Morgan fingerprint density at radius 2 is 1.66 bits per heavy atom. The fraction of sp³-hybridized carbons (Fsp3) is 0.375. The van der Waals surface area contributed by atoms with E-state index in [9.17, 15) is 19.5 Å². The lowest BCUT2D eigenvalue weighted by atomic mass is 9.71. The minimum atomic E-state index is -0.980. The summed E-state index contributed by atoms with van der Waals surface area (Å²) in [7, 11) is 0. The SMILES string of the molecule is O=C(O)N1CC2(CN(Cc3ccccc3)CC2C(=O)N2C(=O)OC[C@H]2c2ccccc2)C1. The molecule has 0 aromatic heterocycles. The molecule has 0 aliphatic carbocycles. The highest BCUT2D eigenvalue weighted by atomic mass is 16.6. The lowest BCUT2D eigenvalue weighted by molar-refractivity contribution is -0.140. The van der Waals surface area contributed by atoms with E-state index in [1.54, 1.807) is 0 Å². The van der Waals surface area contributed by atoms with Gasteiger partial charge in [0.2, 0.25) is 5.91 Å². The number of nitrogens with zero attached hydrogens (tertiary/aromatic N) is 3. The van der Waals surface area contributed by atoms with Crippen molar-refractivity contribution in [3.8, 4) is 0 Å². The number of carbonyl (C=O) groups is 3. The Morgan fingerprint density at radius 1 is 1.00 bits per heavy atom. The highest BCUT2D eigenvalue weighted by Crippen LogP contribution is 2.46. The number of carbonyl (C=O) groups excluding carboxylic acids is 2. The molecule has 8 nitrogen and oxygen atoms in total. The predicted molar refractivity (Wildman–Crippen MR) is 115 cm³/mol. The summed E-state index contributed by atoms with van der Waals surface area (Å²) in [5.41, 5.74) is 1.49. The maximum absolute atomic E-state index is 13.8. The van der Waals surface area contributed by atoms with Crippen LogP contribution in [0.2, 0.25) is 0 Å². The lowest BCUT2D eigenvalue weighted by Crippen LogP contribution is -2.64. The zero-order valence-electron chi connectivity index (χ0n) is 17.6. The van der Waals surface area contributed by atoms with Crippen molar-refractivity contribution in [2.75, 3.05) is 32.8 Å². The summed E-state index contributed by atoms with van der Waals surface area (Å²) in [5.74, 6) is -0.749. The van der Waals surface area contributed by atoms with Gasteiger partial charge in [-0.1, -0.05) is 60.7 Å². The minimum Gasteiger partial charge on any atom is -0.465 e. The molecule has 1 spiro atoms. The van der Waals surface area contributed by atoms with Gasteiger partial charge in [-0.15, -0.1) is 0 Å². The summed E-state index contributed by atoms with van der Waals surface area (Å²) >= 11 is 0. The lowest BCUT2D eigenvalue weighted by Gasteiger charge is -2.49. The standard InChI is InChI=1S/C24H25N3O5/c28-21(27-20(13-32-23(27)31)18-9-5-2-6-10-18)19-12-25(11-17-7-3-1-4-8-17)14-24(19)15-26(16-24)22(29)30/h1-10,19-20H,11-16H2,(H,29,30)/t19?,20-/m0/s1. The second kappa shape index (κ2) is 7.94. The molecule has 3 aliphatic heterocycles. The summed E-state index contributed by atoms with van der Waals surface area (Å²) in [6, 6.07) is 18.9. The third-order valence-corrected chi connectivity index (χ3v) is 6.84. The smallest absolute Gasteiger partial charge is 0.417 e. The number of benzene rings is 2. The molecule has 0 bridgehead atoms. The van der Waals surface area contributed by atoms with Gasteiger partial charge in [-0.2, -0.15) is 0 Å². The highest BCUT2D eigenvalue weighted by Gasteiger charge is 2.60. The summed E-state index contributed by atoms with van der Waals surface area (Å²) in [6.45, 7) is 2.48. The molecule has 2 aromatic carbocycles. The summed E-state index contributed by atoms with van der Waals surface area (Å²) in [5, 5.41) is 9.39. The van der Waals surface area contributed by atoms with Gasteiger partial charge in [0, 0.05) is 38.1 Å². The zero-order valence-corrected chi connectivity index (χ0v) is 17.6. The summed E-state index contributed by atoms with van der Waals surface area (Å²) in [6.07, 6.45) is -1.61. The van der Waals surface area contributed by atoms with Gasteiger partial charge in [0.15, 0.2) is 0 Å². The largest absolute Gasteiger partial charge is 0.465 e. The molecule has 2 aromatic rings. The van der Waals surface area contributed by atoms with Crippen LogP contribution in [0.25, 0.3) is 0 Å². The maximum Gasteiger partial charge on any atom is 0.417 e.